The third-order valence-corrected chi connectivity index (χ3v) is 2.72. The Hall–Kier alpha value is -1.06. The lowest BCUT2D eigenvalue weighted by Gasteiger charge is -2.27. The lowest BCUT2D eigenvalue weighted by molar-refractivity contribution is -0.131. The van der Waals surface area contributed by atoms with Crippen LogP contribution >= 0.6 is 0 Å². The largest absolute Gasteiger partial charge is 0.347 e. The Balaban J connectivity index is 2.58. The Morgan fingerprint density at radius 1 is 1.47 bits per heavy atom. The first kappa shape index (κ1) is 12.0. The van der Waals surface area contributed by atoms with Gasteiger partial charge in [0, 0.05) is 19.0 Å². The van der Waals surface area contributed by atoms with E-state index in [9.17, 15) is 9.59 Å². The van der Waals surface area contributed by atoms with Crippen LogP contribution in [-0.2, 0) is 9.59 Å². The number of carbonyl (C=O) groups is 2. The van der Waals surface area contributed by atoms with Gasteiger partial charge in [-0.2, -0.15) is 0 Å². The second-order valence-electron chi connectivity index (χ2n) is 4.60. The molecule has 0 bridgehead atoms. The standard InChI is InChI=1S/C11H20N2O2/c1-8(2)4-5-13-9(3)6-10(14)12-7-11(13)15/h8-9H,4-7H2,1-3H3,(H,12,14). The van der Waals surface area contributed by atoms with E-state index in [4.69, 9.17) is 0 Å². The molecule has 1 atom stereocenters. The minimum Gasteiger partial charge on any atom is -0.347 e. The first-order chi connectivity index (χ1) is 7.00. The molecule has 1 fully saturated rings. The molecule has 1 unspecified atom stereocenters. The summed E-state index contributed by atoms with van der Waals surface area (Å²) in [4.78, 5) is 24.7. The van der Waals surface area contributed by atoms with Crippen LogP contribution in [0, 0.1) is 5.92 Å². The van der Waals surface area contributed by atoms with Crippen LogP contribution in [0.15, 0.2) is 0 Å². The minimum atomic E-state index is -0.0251. The van der Waals surface area contributed by atoms with E-state index >= 15 is 0 Å². The van der Waals surface area contributed by atoms with E-state index in [2.05, 4.69) is 19.2 Å². The zero-order valence-corrected chi connectivity index (χ0v) is 9.75. The molecule has 86 valence electrons. The van der Waals surface area contributed by atoms with Crippen molar-refractivity contribution in [1.82, 2.24) is 10.2 Å². The normalized spacial score (nSPS) is 22.9. The molecule has 4 nitrogen and oxygen atoms in total. The summed E-state index contributed by atoms with van der Waals surface area (Å²) in [5.74, 6) is 0.591. The number of carbonyl (C=O) groups excluding carboxylic acids is 2. The maximum Gasteiger partial charge on any atom is 0.242 e. The van der Waals surface area contributed by atoms with Crippen LogP contribution < -0.4 is 5.32 Å². The van der Waals surface area contributed by atoms with Gasteiger partial charge in [0.2, 0.25) is 11.8 Å². The molecular weight excluding hydrogens is 192 g/mol. The van der Waals surface area contributed by atoms with Gasteiger partial charge in [-0.15, -0.1) is 0 Å². The van der Waals surface area contributed by atoms with Crippen LogP contribution in [0.5, 0.6) is 0 Å². The average Bonchev–Trinajstić information content (AvgIpc) is 2.24. The molecule has 1 saturated heterocycles. The van der Waals surface area contributed by atoms with Crippen LogP contribution in [0.1, 0.15) is 33.6 Å². The van der Waals surface area contributed by atoms with Crippen molar-refractivity contribution in [3.8, 4) is 0 Å². The van der Waals surface area contributed by atoms with Crippen molar-refractivity contribution in [2.24, 2.45) is 5.92 Å². The lowest BCUT2D eigenvalue weighted by atomic mass is 10.1. The molecule has 1 aliphatic rings. The first-order valence-corrected chi connectivity index (χ1v) is 5.57. The molecule has 0 aromatic heterocycles. The zero-order chi connectivity index (χ0) is 11.4. The highest BCUT2D eigenvalue weighted by molar-refractivity contribution is 5.87. The lowest BCUT2D eigenvalue weighted by Crippen LogP contribution is -2.40. The number of hydrogen-bond donors (Lipinski definition) is 1. The van der Waals surface area contributed by atoms with Gasteiger partial charge in [-0.25, -0.2) is 0 Å². The third kappa shape index (κ3) is 3.53. The molecule has 1 heterocycles. The fourth-order valence-electron chi connectivity index (χ4n) is 1.71. The molecule has 0 spiro atoms. The highest BCUT2D eigenvalue weighted by Crippen LogP contribution is 2.11. The van der Waals surface area contributed by atoms with Gasteiger partial charge in [-0.1, -0.05) is 13.8 Å². The third-order valence-electron chi connectivity index (χ3n) is 2.72. The van der Waals surface area contributed by atoms with Gasteiger partial charge < -0.3 is 10.2 Å². The molecular formula is C11H20N2O2. The Morgan fingerprint density at radius 2 is 2.13 bits per heavy atom. The maximum atomic E-state index is 11.7. The van der Waals surface area contributed by atoms with Crippen molar-refractivity contribution < 1.29 is 9.59 Å². The maximum absolute atomic E-state index is 11.7. The van der Waals surface area contributed by atoms with E-state index in [-0.39, 0.29) is 24.4 Å². The van der Waals surface area contributed by atoms with Gasteiger partial charge in [0.05, 0.1) is 6.54 Å². The van der Waals surface area contributed by atoms with Crippen LogP contribution in [-0.4, -0.2) is 35.8 Å². The topological polar surface area (TPSA) is 49.4 Å². The molecule has 1 aliphatic heterocycles. The summed E-state index contributed by atoms with van der Waals surface area (Å²) in [7, 11) is 0. The van der Waals surface area contributed by atoms with Gasteiger partial charge in [0.15, 0.2) is 0 Å². The van der Waals surface area contributed by atoms with Crippen molar-refractivity contribution in [2.45, 2.75) is 39.7 Å². The predicted octanol–water partition coefficient (Wildman–Crippen LogP) is 0.770. The number of amides is 2. The SMILES string of the molecule is CC(C)CCN1C(=O)CNC(=O)CC1C. The summed E-state index contributed by atoms with van der Waals surface area (Å²) in [5.41, 5.74) is 0. The minimum absolute atomic E-state index is 0.0251. The summed E-state index contributed by atoms with van der Waals surface area (Å²) >= 11 is 0. The Labute approximate surface area is 91.0 Å². The summed E-state index contributed by atoms with van der Waals surface area (Å²) in [6, 6.07) is 0.0266. The molecule has 2 amide bonds. The molecule has 1 rings (SSSR count). The number of nitrogens with zero attached hydrogens (tertiary/aromatic N) is 1. The highest BCUT2D eigenvalue weighted by atomic mass is 16.2. The number of hydrogen-bond acceptors (Lipinski definition) is 2. The highest BCUT2D eigenvalue weighted by Gasteiger charge is 2.25. The summed E-state index contributed by atoms with van der Waals surface area (Å²) in [5, 5.41) is 2.61. The predicted molar refractivity (Wildman–Crippen MR) is 58.3 cm³/mol. The molecule has 0 aromatic carbocycles. The van der Waals surface area contributed by atoms with Crippen LogP contribution in [0.4, 0.5) is 0 Å². The van der Waals surface area contributed by atoms with Gasteiger partial charge in [-0.05, 0) is 19.3 Å². The molecule has 0 aliphatic carbocycles. The van der Waals surface area contributed by atoms with Gasteiger partial charge in [0.25, 0.3) is 0 Å². The quantitative estimate of drug-likeness (QED) is 0.751. The Kier molecular flexibility index (Phi) is 4.12. The van der Waals surface area contributed by atoms with Crippen LogP contribution in [0.2, 0.25) is 0 Å². The summed E-state index contributed by atoms with van der Waals surface area (Å²) in [6.45, 7) is 7.11. The zero-order valence-electron chi connectivity index (χ0n) is 9.75. The smallest absolute Gasteiger partial charge is 0.242 e. The molecule has 0 radical (unpaired) electrons. The van der Waals surface area contributed by atoms with E-state index < -0.39 is 0 Å². The molecule has 0 saturated carbocycles. The fraction of sp³-hybridized carbons (Fsp3) is 0.818. The number of rotatable bonds is 3. The Bertz CT molecular complexity index is 251. The van der Waals surface area contributed by atoms with Crippen LogP contribution in [0.25, 0.3) is 0 Å². The van der Waals surface area contributed by atoms with Crippen LogP contribution in [0.3, 0.4) is 0 Å². The van der Waals surface area contributed by atoms with Gasteiger partial charge in [0.1, 0.15) is 0 Å². The second-order valence-corrected chi connectivity index (χ2v) is 4.60. The van der Waals surface area contributed by atoms with Crippen molar-refractivity contribution in [3.05, 3.63) is 0 Å². The second kappa shape index (κ2) is 5.14. The molecule has 0 aromatic rings. The van der Waals surface area contributed by atoms with Crippen molar-refractivity contribution in [2.75, 3.05) is 13.1 Å². The number of nitrogens with one attached hydrogen (secondary N) is 1. The van der Waals surface area contributed by atoms with Crippen molar-refractivity contribution in [3.63, 3.8) is 0 Å². The van der Waals surface area contributed by atoms with E-state index in [1.807, 2.05) is 11.8 Å². The van der Waals surface area contributed by atoms with Gasteiger partial charge in [-0.3, -0.25) is 9.59 Å². The monoisotopic (exact) mass is 212 g/mol. The molecule has 1 N–H and O–H groups in total. The van der Waals surface area contributed by atoms with E-state index in [0.717, 1.165) is 13.0 Å². The van der Waals surface area contributed by atoms with Crippen molar-refractivity contribution >= 4 is 11.8 Å². The molecule has 4 heteroatoms. The van der Waals surface area contributed by atoms with Crippen molar-refractivity contribution in [1.29, 1.82) is 0 Å². The van der Waals surface area contributed by atoms with Gasteiger partial charge >= 0.3 is 0 Å². The van der Waals surface area contributed by atoms with E-state index in [0.29, 0.717) is 12.3 Å². The fourth-order valence-corrected chi connectivity index (χ4v) is 1.71. The Morgan fingerprint density at radius 3 is 2.73 bits per heavy atom. The summed E-state index contributed by atoms with van der Waals surface area (Å²) < 4.78 is 0. The summed E-state index contributed by atoms with van der Waals surface area (Å²) in [6.07, 6.45) is 1.41. The molecule has 15 heavy (non-hydrogen) atoms. The van der Waals surface area contributed by atoms with E-state index in [1.165, 1.54) is 0 Å². The average molecular weight is 212 g/mol. The first-order valence-electron chi connectivity index (χ1n) is 5.57. The van der Waals surface area contributed by atoms with E-state index in [1.54, 1.807) is 0 Å².